The second kappa shape index (κ2) is 5.16. The lowest BCUT2D eigenvalue weighted by atomic mass is 10.0. The number of β-amino-alcohol motifs (C(OH)–C–C–N with tert-alkyl or cyclic N) is 1. The van der Waals surface area contributed by atoms with Crippen LogP contribution in [0.3, 0.4) is 0 Å². The van der Waals surface area contributed by atoms with E-state index in [0.717, 1.165) is 37.5 Å². The highest BCUT2D eigenvalue weighted by Crippen LogP contribution is 2.26. The standard InChI is InChI=1S/C12H18N2O2S/c1-12(16,11-3-2-8-17-11)9-13-4-6-14(10-15)7-5-13/h2-3,8,10,16H,4-7,9H2,1H3. The Morgan fingerprint density at radius 3 is 2.71 bits per heavy atom. The fourth-order valence-electron chi connectivity index (χ4n) is 2.13. The van der Waals surface area contributed by atoms with E-state index in [2.05, 4.69) is 4.90 Å². The summed E-state index contributed by atoms with van der Waals surface area (Å²) in [7, 11) is 0. The van der Waals surface area contributed by atoms with E-state index in [-0.39, 0.29) is 0 Å². The Hall–Kier alpha value is -0.910. The van der Waals surface area contributed by atoms with Gasteiger partial charge in [-0.2, -0.15) is 0 Å². The fourth-order valence-corrected chi connectivity index (χ4v) is 2.90. The lowest BCUT2D eigenvalue weighted by Gasteiger charge is -2.36. The summed E-state index contributed by atoms with van der Waals surface area (Å²) in [5.74, 6) is 0. The van der Waals surface area contributed by atoms with E-state index >= 15 is 0 Å². The summed E-state index contributed by atoms with van der Waals surface area (Å²) in [6.45, 7) is 5.65. The van der Waals surface area contributed by atoms with E-state index in [4.69, 9.17) is 0 Å². The molecule has 1 aliphatic heterocycles. The zero-order valence-electron chi connectivity index (χ0n) is 10.0. The highest BCUT2D eigenvalue weighted by Gasteiger charge is 2.28. The van der Waals surface area contributed by atoms with Crippen molar-refractivity contribution in [2.24, 2.45) is 0 Å². The number of thiophene rings is 1. The van der Waals surface area contributed by atoms with E-state index < -0.39 is 5.60 Å². The SMILES string of the molecule is CC(O)(CN1CCN(C=O)CC1)c1cccs1. The van der Waals surface area contributed by atoms with Crippen molar-refractivity contribution in [3.63, 3.8) is 0 Å². The molecule has 0 spiro atoms. The minimum absolute atomic E-state index is 0.625. The average molecular weight is 254 g/mol. The van der Waals surface area contributed by atoms with Crippen molar-refractivity contribution in [1.29, 1.82) is 0 Å². The molecule has 1 N–H and O–H groups in total. The van der Waals surface area contributed by atoms with Crippen molar-refractivity contribution in [2.75, 3.05) is 32.7 Å². The number of rotatable bonds is 4. The van der Waals surface area contributed by atoms with Crippen LogP contribution < -0.4 is 0 Å². The summed E-state index contributed by atoms with van der Waals surface area (Å²) in [6.07, 6.45) is 0.898. The largest absolute Gasteiger partial charge is 0.383 e. The predicted molar refractivity (Wildman–Crippen MR) is 68.0 cm³/mol. The van der Waals surface area contributed by atoms with Gasteiger partial charge in [0.25, 0.3) is 0 Å². The van der Waals surface area contributed by atoms with Gasteiger partial charge in [0, 0.05) is 37.6 Å². The fraction of sp³-hybridized carbons (Fsp3) is 0.583. The molecule has 4 nitrogen and oxygen atoms in total. The molecule has 1 atom stereocenters. The Kier molecular flexibility index (Phi) is 3.81. The first-order valence-electron chi connectivity index (χ1n) is 5.80. The van der Waals surface area contributed by atoms with Crippen LogP contribution in [0.4, 0.5) is 0 Å². The van der Waals surface area contributed by atoms with Crippen LogP contribution >= 0.6 is 11.3 Å². The summed E-state index contributed by atoms with van der Waals surface area (Å²) < 4.78 is 0. The lowest BCUT2D eigenvalue weighted by Crippen LogP contribution is -2.49. The minimum Gasteiger partial charge on any atom is -0.383 e. The van der Waals surface area contributed by atoms with Crippen molar-refractivity contribution in [3.05, 3.63) is 22.4 Å². The molecule has 94 valence electrons. The lowest BCUT2D eigenvalue weighted by molar-refractivity contribution is -0.120. The van der Waals surface area contributed by atoms with Crippen LogP contribution in [0.15, 0.2) is 17.5 Å². The molecule has 1 fully saturated rings. The highest BCUT2D eigenvalue weighted by molar-refractivity contribution is 7.10. The normalized spacial score (nSPS) is 21.2. The van der Waals surface area contributed by atoms with Gasteiger partial charge in [-0.15, -0.1) is 11.3 Å². The number of carbonyl (C=O) groups is 1. The molecular weight excluding hydrogens is 236 g/mol. The maximum Gasteiger partial charge on any atom is 0.209 e. The van der Waals surface area contributed by atoms with Gasteiger partial charge in [-0.25, -0.2) is 0 Å². The number of nitrogens with zero attached hydrogens (tertiary/aromatic N) is 2. The van der Waals surface area contributed by atoms with Crippen LogP contribution in [0.5, 0.6) is 0 Å². The summed E-state index contributed by atoms with van der Waals surface area (Å²) in [5.41, 5.74) is -0.794. The molecule has 1 amide bonds. The second-order valence-corrected chi connectivity index (χ2v) is 5.62. The Morgan fingerprint density at radius 1 is 1.47 bits per heavy atom. The van der Waals surface area contributed by atoms with Crippen molar-refractivity contribution >= 4 is 17.7 Å². The minimum atomic E-state index is -0.794. The number of piperazine rings is 1. The zero-order valence-corrected chi connectivity index (χ0v) is 10.8. The van der Waals surface area contributed by atoms with Gasteiger partial charge in [0.2, 0.25) is 6.41 Å². The third-order valence-electron chi connectivity index (χ3n) is 3.14. The molecule has 0 aromatic carbocycles. The van der Waals surface area contributed by atoms with Crippen LogP contribution in [0, 0.1) is 0 Å². The van der Waals surface area contributed by atoms with E-state index in [1.807, 2.05) is 24.4 Å². The molecule has 0 aliphatic carbocycles. The van der Waals surface area contributed by atoms with Gasteiger partial charge in [-0.3, -0.25) is 9.69 Å². The summed E-state index contributed by atoms with van der Waals surface area (Å²) in [5, 5.41) is 12.4. The number of aliphatic hydroxyl groups is 1. The van der Waals surface area contributed by atoms with Gasteiger partial charge in [-0.1, -0.05) is 6.07 Å². The van der Waals surface area contributed by atoms with E-state index in [1.54, 1.807) is 16.2 Å². The predicted octanol–water partition coefficient (Wildman–Crippen LogP) is 0.730. The average Bonchev–Trinajstić information content (AvgIpc) is 2.84. The quantitative estimate of drug-likeness (QED) is 0.806. The number of hydrogen-bond donors (Lipinski definition) is 1. The topological polar surface area (TPSA) is 43.8 Å². The van der Waals surface area contributed by atoms with Crippen molar-refractivity contribution in [2.45, 2.75) is 12.5 Å². The summed E-state index contributed by atoms with van der Waals surface area (Å²) >= 11 is 1.58. The molecule has 1 aliphatic rings. The van der Waals surface area contributed by atoms with Gasteiger partial charge >= 0.3 is 0 Å². The van der Waals surface area contributed by atoms with Gasteiger partial charge < -0.3 is 10.0 Å². The number of amides is 1. The Bertz CT molecular complexity index is 357. The van der Waals surface area contributed by atoms with E-state index in [9.17, 15) is 9.90 Å². The Balaban J connectivity index is 1.91. The highest BCUT2D eigenvalue weighted by atomic mass is 32.1. The maximum atomic E-state index is 10.6. The molecule has 0 radical (unpaired) electrons. The van der Waals surface area contributed by atoms with Crippen LogP contribution in [0.1, 0.15) is 11.8 Å². The summed E-state index contributed by atoms with van der Waals surface area (Å²) in [6, 6.07) is 3.92. The van der Waals surface area contributed by atoms with Crippen LogP contribution in [0.25, 0.3) is 0 Å². The molecule has 2 heterocycles. The van der Waals surface area contributed by atoms with Gasteiger partial charge in [0.05, 0.1) is 0 Å². The van der Waals surface area contributed by atoms with Crippen LogP contribution in [-0.2, 0) is 10.4 Å². The third kappa shape index (κ3) is 3.06. The third-order valence-corrected chi connectivity index (χ3v) is 4.26. The maximum absolute atomic E-state index is 10.6. The molecule has 1 aromatic rings. The number of carbonyl (C=O) groups excluding carboxylic acids is 1. The molecular formula is C12H18N2O2S. The van der Waals surface area contributed by atoms with Crippen molar-refractivity contribution < 1.29 is 9.90 Å². The Labute approximate surface area is 105 Å². The first kappa shape index (κ1) is 12.5. The molecule has 1 saturated heterocycles. The van der Waals surface area contributed by atoms with Gasteiger partial charge in [-0.05, 0) is 18.4 Å². The molecule has 17 heavy (non-hydrogen) atoms. The molecule has 0 bridgehead atoms. The summed E-state index contributed by atoms with van der Waals surface area (Å²) in [4.78, 5) is 15.6. The molecule has 2 rings (SSSR count). The smallest absolute Gasteiger partial charge is 0.209 e. The van der Waals surface area contributed by atoms with Crippen LogP contribution in [-0.4, -0.2) is 54.0 Å². The van der Waals surface area contributed by atoms with Gasteiger partial charge in [0.15, 0.2) is 0 Å². The van der Waals surface area contributed by atoms with Gasteiger partial charge in [0.1, 0.15) is 5.60 Å². The first-order chi connectivity index (χ1) is 8.12. The van der Waals surface area contributed by atoms with E-state index in [0.29, 0.717) is 6.54 Å². The first-order valence-corrected chi connectivity index (χ1v) is 6.68. The monoisotopic (exact) mass is 254 g/mol. The molecule has 0 saturated carbocycles. The van der Waals surface area contributed by atoms with Crippen LogP contribution in [0.2, 0.25) is 0 Å². The Morgan fingerprint density at radius 2 is 2.18 bits per heavy atom. The molecule has 1 unspecified atom stereocenters. The second-order valence-electron chi connectivity index (χ2n) is 4.67. The van der Waals surface area contributed by atoms with Crippen molar-refractivity contribution in [1.82, 2.24) is 9.80 Å². The number of hydrogen-bond acceptors (Lipinski definition) is 4. The van der Waals surface area contributed by atoms with Crippen molar-refractivity contribution in [3.8, 4) is 0 Å². The molecule has 5 heteroatoms. The van der Waals surface area contributed by atoms with E-state index in [1.165, 1.54) is 0 Å². The zero-order chi connectivity index (χ0) is 12.3. The molecule has 1 aromatic heterocycles.